The summed E-state index contributed by atoms with van der Waals surface area (Å²) in [5, 5.41) is 10.8. The van der Waals surface area contributed by atoms with E-state index in [1.165, 1.54) is 19.2 Å². The van der Waals surface area contributed by atoms with E-state index in [0.29, 0.717) is 22.4 Å². The summed E-state index contributed by atoms with van der Waals surface area (Å²) in [6, 6.07) is 18.8. The van der Waals surface area contributed by atoms with Crippen LogP contribution in [0.25, 0.3) is 22.3 Å². The maximum atomic E-state index is 12.2. The van der Waals surface area contributed by atoms with Crippen LogP contribution < -0.4 is 5.73 Å². The van der Waals surface area contributed by atoms with Gasteiger partial charge in [0.2, 0.25) is 0 Å². The van der Waals surface area contributed by atoms with Crippen molar-refractivity contribution >= 4 is 17.3 Å². The average molecular weight is 348 g/mol. The van der Waals surface area contributed by atoms with Gasteiger partial charge in [-0.1, -0.05) is 36.4 Å². The van der Waals surface area contributed by atoms with E-state index in [1.807, 2.05) is 30.3 Å². The Bertz CT molecular complexity index is 967. The standard InChI is InChI=1S/C20H16N2O4/c1-26-20(23)17-12-11-16(13-7-9-15(10-8-13)22(24)25)19(21)18(17)14-5-3-2-4-6-14/h2-12H,21H2,1H3. The number of non-ortho nitro benzene ring substituents is 1. The molecule has 0 saturated carbocycles. The topological polar surface area (TPSA) is 95.5 Å². The quantitative estimate of drug-likeness (QED) is 0.328. The Morgan fingerprint density at radius 2 is 1.62 bits per heavy atom. The highest BCUT2D eigenvalue weighted by Crippen LogP contribution is 2.38. The predicted molar refractivity (Wildman–Crippen MR) is 99.7 cm³/mol. The number of rotatable bonds is 4. The van der Waals surface area contributed by atoms with E-state index in [0.717, 1.165) is 11.1 Å². The fraction of sp³-hybridized carbons (Fsp3) is 0.0500. The highest BCUT2D eigenvalue weighted by atomic mass is 16.6. The number of hydrogen-bond acceptors (Lipinski definition) is 5. The zero-order valence-corrected chi connectivity index (χ0v) is 14.0. The Kier molecular flexibility index (Phi) is 4.66. The summed E-state index contributed by atoms with van der Waals surface area (Å²) in [5.74, 6) is -0.481. The van der Waals surface area contributed by atoms with Crippen LogP contribution in [0.4, 0.5) is 11.4 Å². The largest absolute Gasteiger partial charge is 0.465 e. The first-order valence-corrected chi connectivity index (χ1v) is 7.84. The maximum absolute atomic E-state index is 12.2. The molecule has 3 rings (SSSR count). The number of nitrogens with zero attached hydrogens (tertiary/aromatic N) is 1. The minimum absolute atomic E-state index is 0.00165. The van der Waals surface area contributed by atoms with Gasteiger partial charge in [-0.15, -0.1) is 0 Å². The summed E-state index contributed by atoms with van der Waals surface area (Å²) in [7, 11) is 1.32. The number of esters is 1. The number of methoxy groups -OCH3 is 1. The molecule has 0 aromatic heterocycles. The molecule has 0 aliphatic heterocycles. The number of ether oxygens (including phenoxy) is 1. The molecule has 26 heavy (non-hydrogen) atoms. The minimum atomic E-state index is -0.481. The number of carbonyl (C=O) groups is 1. The van der Waals surface area contributed by atoms with Crippen LogP contribution in [0.3, 0.4) is 0 Å². The fourth-order valence-corrected chi connectivity index (χ4v) is 2.83. The van der Waals surface area contributed by atoms with Crippen molar-refractivity contribution in [2.24, 2.45) is 0 Å². The summed E-state index contributed by atoms with van der Waals surface area (Å²) in [4.78, 5) is 22.6. The van der Waals surface area contributed by atoms with Gasteiger partial charge in [0.15, 0.2) is 0 Å². The van der Waals surface area contributed by atoms with Crippen molar-refractivity contribution in [1.29, 1.82) is 0 Å². The first kappa shape index (κ1) is 17.2. The van der Waals surface area contributed by atoms with E-state index in [4.69, 9.17) is 10.5 Å². The third-order valence-electron chi connectivity index (χ3n) is 4.10. The van der Waals surface area contributed by atoms with Crippen molar-refractivity contribution in [3.8, 4) is 22.3 Å². The van der Waals surface area contributed by atoms with Crippen molar-refractivity contribution in [3.63, 3.8) is 0 Å². The zero-order valence-electron chi connectivity index (χ0n) is 14.0. The smallest absolute Gasteiger partial charge is 0.338 e. The minimum Gasteiger partial charge on any atom is -0.465 e. The summed E-state index contributed by atoms with van der Waals surface area (Å²) in [6.45, 7) is 0. The number of hydrogen-bond donors (Lipinski definition) is 1. The number of nitro benzene ring substituents is 1. The Morgan fingerprint density at radius 1 is 0.962 bits per heavy atom. The van der Waals surface area contributed by atoms with Crippen LogP contribution in [0.5, 0.6) is 0 Å². The second-order valence-corrected chi connectivity index (χ2v) is 5.61. The molecule has 0 saturated heterocycles. The van der Waals surface area contributed by atoms with E-state index in [2.05, 4.69) is 0 Å². The summed E-state index contributed by atoms with van der Waals surface area (Å²) in [5.41, 5.74) is 9.95. The lowest BCUT2D eigenvalue weighted by Crippen LogP contribution is -2.07. The molecule has 6 heteroatoms. The van der Waals surface area contributed by atoms with Crippen LogP contribution in [0.15, 0.2) is 66.7 Å². The van der Waals surface area contributed by atoms with Crippen molar-refractivity contribution in [2.75, 3.05) is 12.8 Å². The highest BCUT2D eigenvalue weighted by molar-refractivity contribution is 6.04. The molecule has 0 fully saturated rings. The molecule has 2 N–H and O–H groups in total. The van der Waals surface area contributed by atoms with Gasteiger partial charge in [0, 0.05) is 28.9 Å². The van der Waals surface area contributed by atoms with E-state index in [-0.39, 0.29) is 5.69 Å². The van der Waals surface area contributed by atoms with Gasteiger partial charge in [0.25, 0.3) is 5.69 Å². The number of carbonyl (C=O) groups excluding carboxylic acids is 1. The third kappa shape index (κ3) is 3.12. The number of nitro groups is 1. The number of anilines is 1. The van der Waals surface area contributed by atoms with Gasteiger partial charge < -0.3 is 10.5 Å². The van der Waals surface area contributed by atoms with Crippen LogP contribution in [0.1, 0.15) is 10.4 Å². The lowest BCUT2D eigenvalue weighted by Gasteiger charge is -2.15. The van der Waals surface area contributed by atoms with Crippen molar-refractivity contribution < 1.29 is 14.5 Å². The molecule has 0 bridgehead atoms. The normalized spacial score (nSPS) is 10.3. The van der Waals surface area contributed by atoms with E-state index < -0.39 is 10.9 Å². The van der Waals surface area contributed by atoms with Crippen LogP contribution >= 0.6 is 0 Å². The SMILES string of the molecule is COC(=O)c1ccc(-c2ccc([N+](=O)[O-])cc2)c(N)c1-c1ccccc1. The average Bonchev–Trinajstić information content (AvgIpc) is 2.67. The van der Waals surface area contributed by atoms with E-state index in [1.54, 1.807) is 24.3 Å². The molecule has 6 nitrogen and oxygen atoms in total. The second kappa shape index (κ2) is 7.06. The van der Waals surface area contributed by atoms with Crippen molar-refractivity contribution in [2.45, 2.75) is 0 Å². The summed E-state index contributed by atoms with van der Waals surface area (Å²) in [6.07, 6.45) is 0. The Balaban J connectivity index is 2.20. The molecule has 0 radical (unpaired) electrons. The molecule has 0 spiro atoms. The number of benzene rings is 3. The maximum Gasteiger partial charge on any atom is 0.338 e. The van der Waals surface area contributed by atoms with Crippen LogP contribution in [0.2, 0.25) is 0 Å². The molecule has 3 aromatic rings. The van der Waals surface area contributed by atoms with Crippen LogP contribution in [0, 0.1) is 10.1 Å². The van der Waals surface area contributed by atoms with Crippen molar-refractivity contribution in [3.05, 3.63) is 82.4 Å². The predicted octanol–water partition coefficient (Wildman–Crippen LogP) is 4.30. The summed E-state index contributed by atoms with van der Waals surface area (Å²) >= 11 is 0. The van der Waals surface area contributed by atoms with Crippen LogP contribution in [-0.4, -0.2) is 18.0 Å². The third-order valence-corrected chi connectivity index (χ3v) is 4.10. The van der Waals surface area contributed by atoms with E-state index >= 15 is 0 Å². The number of nitrogen functional groups attached to an aromatic ring is 1. The molecular weight excluding hydrogens is 332 g/mol. The number of nitrogens with two attached hydrogens (primary N) is 1. The molecule has 0 unspecified atom stereocenters. The lowest BCUT2D eigenvalue weighted by atomic mass is 9.92. The van der Waals surface area contributed by atoms with Gasteiger partial charge >= 0.3 is 5.97 Å². The molecule has 0 atom stereocenters. The van der Waals surface area contributed by atoms with Gasteiger partial charge in [-0.3, -0.25) is 10.1 Å². The van der Waals surface area contributed by atoms with Gasteiger partial charge in [-0.2, -0.15) is 0 Å². The van der Waals surface area contributed by atoms with E-state index in [9.17, 15) is 14.9 Å². The fourth-order valence-electron chi connectivity index (χ4n) is 2.83. The Hall–Kier alpha value is -3.67. The van der Waals surface area contributed by atoms with Gasteiger partial charge in [0.05, 0.1) is 17.6 Å². The molecular formula is C20H16N2O4. The Morgan fingerprint density at radius 3 is 2.19 bits per heavy atom. The molecule has 0 aliphatic carbocycles. The highest BCUT2D eigenvalue weighted by Gasteiger charge is 2.19. The van der Waals surface area contributed by atoms with Gasteiger partial charge in [-0.05, 0) is 29.3 Å². The second-order valence-electron chi connectivity index (χ2n) is 5.61. The first-order valence-electron chi connectivity index (χ1n) is 7.84. The van der Waals surface area contributed by atoms with Gasteiger partial charge in [-0.25, -0.2) is 4.79 Å². The van der Waals surface area contributed by atoms with Crippen LogP contribution in [-0.2, 0) is 4.74 Å². The first-order chi connectivity index (χ1) is 12.5. The van der Waals surface area contributed by atoms with Gasteiger partial charge in [0.1, 0.15) is 0 Å². The molecule has 0 heterocycles. The lowest BCUT2D eigenvalue weighted by molar-refractivity contribution is -0.384. The molecule has 3 aromatic carbocycles. The molecule has 0 aliphatic rings. The zero-order chi connectivity index (χ0) is 18.7. The Labute approximate surface area is 150 Å². The van der Waals surface area contributed by atoms with Crippen molar-refractivity contribution in [1.82, 2.24) is 0 Å². The molecule has 130 valence electrons. The summed E-state index contributed by atoms with van der Waals surface area (Å²) < 4.78 is 4.87. The monoisotopic (exact) mass is 348 g/mol. The molecule has 0 amide bonds.